The summed E-state index contributed by atoms with van der Waals surface area (Å²) in [5, 5.41) is 5.30. The summed E-state index contributed by atoms with van der Waals surface area (Å²) >= 11 is 7.08. The minimum atomic E-state index is -0.479. The van der Waals surface area contributed by atoms with E-state index in [4.69, 9.17) is 11.6 Å². The summed E-state index contributed by atoms with van der Waals surface area (Å²) in [5.41, 5.74) is 0.778. The first-order valence-electron chi connectivity index (χ1n) is 6.67. The van der Waals surface area contributed by atoms with Gasteiger partial charge in [0.2, 0.25) is 11.8 Å². The first kappa shape index (κ1) is 15.3. The first-order valence-corrected chi connectivity index (χ1v) is 8.09. The number of thiazole rings is 1. The molecule has 1 aliphatic rings. The molecule has 2 heterocycles. The van der Waals surface area contributed by atoms with Crippen molar-refractivity contribution in [3.8, 4) is 0 Å². The number of halogens is 1. The van der Waals surface area contributed by atoms with Crippen LogP contribution in [0.25, 0.3) is 0 Å². The monoisotopic (exact) mass is 315 g/mol. The third-order valence-corrected chi connectivity index (χ3v) is 4.39. The smallest absolute Gasteiger partial charge is 0.244 e. The molecule has 2 rings (SSSR count). The van der Waals surface area contributed by atoms with Gasteiger partial charge in [-0.25, -0.2) is 4.98 Å². The standard InChI is InChI=1S/C13H18ClN3O2S/c1-9(13(19)17-4-2-3-5-17)15-11(18)6-12-16-10(7-14)8-20-12/h8-9H,2-7H2,1H3,(H,15,18). The van der Waals surface area contributed by atoms with Gasteiger partial charge in [0, 0.05) is 18.5 Å². The van der Waals surface area contributed by atoms with Gasteiger partial charge in [-0.15, -0.1) is 22.9 Å². The molecule has 0 spiro atoms. The van der Waals surface area contributed by atoms with Crippen molar-refractivity contribution < 1.29 is 9.59 Å². The normalized spacial score (nSPS) is 16.2. The molecular weight excluding hydrogens is 298 g/mol. The number of carbonyl (C=O) groups is 2. The van der Waals surface area contributed by atoms with Crippen LogP contribution < -0.4 is 5.32 Å². The maximum absolute atomic E-state index is 12.1. The molecule has 0 saturated carbocycles. The van der Waals surface area contributed by atoms with Crippen LogP contribution in [-0.2, 0) is 21.9 Å². The molecule has 20 heavy (non-hydrogen) atoms. The molecule has 1 saturated heterocycles. The molecule has 1 aromatic heterocycles. The summed E-state index contributed by atoms with van der Waals surface area (Å²) < 4.78 is 0. The second-order valence-corrected chi connectivity index (χ2v) is 6.07. The van der Waals surface area contributed by atoms with Crippen LogP contribution >= 0.6 is 22.9 Å². The highest BCUT2D eigenvalue weighted by molar-refractivity contribution is 7.09. The van der Waals surface area contributed by atoms with E-state index >= 15 is 0 Å². The van der Waals surface area contributed by atoms with E-state index in [1.807, 2.05) is 5.38 Å². The van der Waals surface area contributed by atoms with Crippen LogP contribution in [0.5, 0.6) is 0 Å². The predicted octanol–water partition coefficient (Wildman–Crippen LogP) is 1.55. The molecular formula is C13H18ClN3O2S. The molecule has 1 aromatic rings. The average molecular weight is 316 g/mol. The average Bonchev–Trinajstić information content (AvgIpc) is 3.08. The molecule has 5 nitrogen and oxygen atoms in total. The molecule has 0 aliphatic carbocycles. The third-order valence-electron chi connectivity index (χ3n) is 3.21. The van der Waals surface area contributed by atoms with Crippen molar-refractivity contribution in [1.29, 1.82) is 0 Å². The quantitative estimate of drug-likeness (QED) is 0.839. The number of likely N-dealkylation sites (tertiary alicyclic amines) is 1. The zero-order valence-electron chi connectivity index (χ0n) is 11.4. The Bertz CT molecular complexity index is 486. The van der Waals surface area contributed by atoms with Crippen molar-refractivity contribution in [3.63, 3.8) is 0 Å². The number of hydrogen-bond donors (Lipinski definition) is 1. The van der Waals surface area contributed by atoms with Gasteiger partial charge in [-0.3, -0.25) is 9.59 Å². The molecule has 1 fully saturated rings. The Hall–Kier alpha value is -1.14. The largest absolute Gasteiger partial charge is 0.344 e. The van der Waals surface area contributed by atoms with Gasteiger partial charge >= 0.3 is 0 Å². The lowest BCUT2D eigenvalue weighted by Crippen LogP contribution is -2.46. The fraction of sp³-hybridized carbons (Fsp3) is 0.615. The summed E-state index contributed by atoms with van der Waals surface area (Å²) in [4.78, 5) is 30.0. The maximum atomic E-state index is 12.1. The van der Waals surface area contributed by atoms with Crippen molar-refractivity contribution in [2.45, 2.75) is 38.1 Å². The van der Waals surface area contributed by atoms with Crippen molar-refractivity contribution in [2.24, 2.45) is 0 Å². The van der Waals surface area contributed by atoms with Gasteiger partial charge < -0.3 is 10.2 Å². The van der Waals surface area contributed by atoms with E-state index in [0.29, 0.717) is 5.88 Å². The highest BCUT2D eigenvalue weighted by atomic mass is 35.5. The third kappa shape index (κ3) is 3.93. The van der Waals surface area contributed by atoms with Crippen molar-refractivity contribution in [2.75, 3.05) is 13.1 Å². The SMILES string of the molecule is CC(NC(=O)Cc1nc(CCl)cs1)C(=O)N1CCCC1. The predicted molar refractivity (Wildman–Crippen MR) is 78.8 cm³/mol. The van der Waals surface area contributed by atoms with Crippen LogP contribution in [0, 0.1) is 0 Å². The van der Waals surface area contributed by atoms with E-state index in [9.17, 15) is 9.59 Å². The fourth-order valence-corrected chi connectivity index (χ4v) is 3.22. The Balaban J connectivity index is 1.82. The lowest BCUT2D eigenvalue weighted by molar-refractivity contribution is -0.134. The van der Waals surface area contributed by atoms with Crippen LogP contribution in [0.2, 0.25) is 0 Å². The number of nitrogens with zero attached hydrogens (tertiary/aromatic N) is 2. The Kier molecular flexibility index (Phi) is 5.37. The molecule has 0 radical (unpaired) electrons. The van der Waals surface area contributed by atoms with Gasteiger partial charge in [-0.05, 0) is 19.8 Å². The Labute approximate surface area is 127 Å². The molecule has 1 N–H and O–H groups in total. The van der Waals surface area contributed by atoms with Crippen molar-refractivity contribution in [1.82, 2.24) is 15.2 Å². The number of hydrogen-bond acceptors (Lipinski definition) is 4. The molecule has 0 aromatic carbocycles. The lowest BCUT2D eigenvalue weighted by Gasteiger charge is -2.20. The Morgan fingerprint density at radius 1 is 1.50 bits per heavy atom. The van der Waals surface area contributed by atoms with Gasteiger partial charge in [0.05, 0.1) is 18.0 Å². The molecule has 1 atom stereocenters. The van der Waals surface area contributed by atoms with Crippen LogP contribution in [0.3, 0.4) is 0 Å². The zero-order chi connectivity index (χ0) is 14.5. The van der Waals surface area contributed by atoms with E-state index < -0.39 is 6.04 Å². The van der Waals surface area contributed by atoms with Crippen molar-refractivity contribution >= 4 is 34.8 Å². The van der Waals surface area contributed by atoms with Crippen LogP contribution in [0.1, 0.15) is 30.5 Å². The van der Waals surface area contributed by atoms with Crippen LogP contribution in [-0.4, -0.2) is 40.8 Å². The lowest BCUT2D eigenvalue weighted by atomic mass is 10.2. The van der Waals surface area contributed by atoms with E-state index in [1.54, 1.807) is 11.8 Å². The minimum Gasteiger partial charge on any atom is -0.344 e. The number of nitrogens with one attached hydrogen (secondary N) is 1. The summed E-state index contributed by atoms with van der Waals surface area (Å²) in [6.45, 7) is 3.32. The maximum Gasteiger partial charge on any atom is 0.244 e. The second kappa shape index (κ2) is 7.04. The van der Waals surface area contributed by atoms with Gasteiger partial charge in [-0.2, -0.15) is 0 Å². The van der Waals surface area contributed by atoms with E-state index in [1.165, 1.54) is 11.3 Å². The van der Waals surface area contributed by atoms with Gasteiger partial charge in [0.1, 0.15) is 11.0 Å². The molecule has 110 valence electrons. The highest BCUT2D eigenvalue weighted by Gasteiger charge is 2.24. The molecule has 1 unspecified atom stereocenters. The molecule has 0 bridgehead atoms. The minimum absolute atomic E-state index is 0.00330. The summed E-state index contributed by atoms with van der Waals surface area (Å²) in [6, 6.07) is -0.479. The number of rotatable bonds is 5. The number of carbonyl (C=O) groups excluding carboxylic acids is 2. The Morgan fingerprint density at radius 2 is 2.20 bits per heavy atom. The summed E-state index contributed by atoms with van der Waals surface area (Å²) in [5.74, 6) is 0.166. The molecule has 7 heteroatoms. The topological polar surface area (TPSA) is 62.3 Å². The number of amides is 2. The van der Waals surface area contributed by atoms with Crippen LogP contribution in [0.4, 0.5) is 0 Å². The molecule has 1 aliphatic heterocycles. The van der Waals surface area contributed by atoms with Crippen LogP contribution in [0.15, 0.2) is 5.38 Å². The van der Waals surface area contributed by atoms with E-state index in [-0.39, 0.29) is 18.2 Å². The highest BCUT2D eigenvalue weighted by Crippen LogP contribution is 2.12. The van der Waals surface area contributed by atoms with Gasteiger partial charge in [0.25, 0.3) is 0 Å². The summed E-state index contributed by atoms with van der Waals surface area (Å²) in [7, 11) is 0. The zero-order valence-corrected chi connectivity index (χ0v) is 13.0. The molecule has 2 amide bonds. The summed E-state index contributed by atoms with van der Waals surface area (Å²) in [6.07, 6.45) is 2.29. The van der Waals surface area contributed by atoms with E-state index in [2.05, 4.69) is 10.3 Å². The van der Waals surface area contributed by atoms with Crippen molar-refractivity contribution in [3.05, 3.63) is 16.1 Å². The van der Waals surface area contributed by atoms with Gasteiger partial charge in [0.15, 0.2) is 0 Å². The van der Waals surface area contributed by atoms with E-state index in [0.717, 1.165) is 36.6 Å². The second-order valence-electron chi connectivity index (χ2n) is 4.86. The number of aromatic nitrogens is 1. The Morgan fingerprint density at radius 3 is 2.80 bits per heavy atom. The number of alkyl halides is 1. The van der Waals surface area contributed by atoms with Gasteiger partial charge in [-0.1, -0.05) is 0 Å². The fourth-order valence-electron chi connectivity index (χ4n) is 2.19. The first-order chi connectivity index (χ1) is 9.60.